The van der Waals surface area contributed by atoms with Gasteiger partial charge in [-0.2, -0.15) is 5.26 Å². The van der Waals surface area contributed by atoms with Crippen molar-refractivity contribution in [3.8, 4) is 6.07 Å². The van der Waals surface area contributed by atoms with Crippen molar-refractivity contribution < 1.29 is 14.2 Å². The van der Waals surface area contributed by atoms with Crippen LogP contribution in [-0.2, 0) is 4.74 Å². The van der Waals surface area contributed by atoms with E-state index in [9.17, 15) is 9.65 Å². The number of hydrogen-bond acceptors (Lipinski definition) is 8. The Balaban J connectivity index is 0.000000507. The first-order chi connectivity index (χ1) is 21.6. The molecule has 1 atom stereocenters. The predicted octanol–water partition coefficient (Wildman–Crippen LogP) is 8.37. The van der Waals surface area contributed by atoms with Crippen molar-refractivity contribution in [3.05, 3.63) is 62.7 Å². The molecule has 0 saturated carbocycles. The maximum atomic E-state index is 14.8. The van der Waals surface area contributed by atoms with Crippen LogP contribution in [0.3, 0.4) is 0 Å². The fourth-order valence-electron chi connectivity index (χ4n) is 5.69. The molecule has 3 aliphatic heterocycles. The number of rotatable bonds is 6. The molecule has 0 radical (unpaired) electrons. The SMILES string of the molecule is C=C(C1=C(C)C2N=C(N3CCCC3)NC=C2C2=C1COC2)c1c(/C(F)=C\C)sc(N)c1C#N.CCCC.CCCC(C)C.CO. The standard InChI is InChI=1S/C25H26FN5OS.C6H14.C4H10.CH4O/c1-4-19(26)23-21(15(9-27)24(28)33-23)13(2)20-14(3)22-16(17-11-32-12-18(17)20)10-29-25(30-22)31-7-5-6-8-31;1-4-5-6(2)3;1-3-4-2;1-2/h4,10,22H,2,5-8,11-12,28H2,1,3H3,(H,29,30);6H,4-5H2,1-3H3;3-4H2,1-2H3;2H,1H3/b19-4+;;;. The van der Waals surface area contributed by atoms with Crippen LogP contribution in [0.5, 0.6) is 0 Å². The lowest BCUT2D eigenvalue weighted by Gasteiger charge is -2.34. The topological polar surface area (TPSA) is 107 Å². The number of nitriles is 1. The third-order valence-corrected chi connectivity index (χ3v) is 9.13. The van der Waals surface area contributed by atoms with E-state index >= 15 is 0 Å². The maximum Gasteiger partial charge on any atom is 0.198 e. The van der Waals surface area contributed by atoms with Gasteiger partial charge in [0.25, 0.3) is 0 Å². The molecule has 4 heterocycles. The van der Waals surface area contributed by atoms with E-state index in [0.717, 1.165) is 84.1 Å². The first-order valence-corrected chi connectivity index (χ1v) is 17.1. The predicted molar refractivity (Wildman–Crippen MR) is 190 cm³/mol. The molecule has 45 heavy (non-hydrogen) atoms. The van der Waals surface area contributed by atoms with Crippen molar-refractivity contribution in [2.24, 2.45) is 10.9 Å². The van der Waals surface area contributed by atoms with Crippen LogP contribution >= 0.6 is 11.3 Å². The van der Waals surface area contributed by atoms with Gasteiger partial charge in [-0.05, 0) is 60.5 Å². The molecular weight excluding hydrogens is 585 g/mol. The Bertz CT molecular complexity index is 1370. The molecule has 1 saturated heterocycles. The smallest absolute Gasteiger partial charge is 0.198 e. The van der Waals surface area contributed by atoms with Crippen molar-refractivity contribution in [1.29, 1.82) is 5.26 Å². The number of nitrogen functional groups attached to an aromatic ring is 1. The fraction of sp³-hybridized carbons (Fsp3) is 0.556. The van der Waals surface area contributed by atoms with Crippen molar-refractivity contribution in [2.45, 2.75) is 93.0 Å². The highest BCUT2D eigenvalue weighted by atomic mass is 32.1. The number of aliphatic hydroxyl groups is 1. The van der Waals surface area contributed by atoms with Gasteiger partial charge in [0, 0.05) is 37.5 Å². The third kappa shape index (κ3) is 8.96. The van der Waals surface area contributed by atoms with Gasteiger partial charge in [-0.1, -0.05) is 73.0 Å². The van der Waals surface area contributed by atoms with E-state index in [1.165, 1.54) is 31.8 Å². The van der Waals surface area contributed by atoms with Gasteiger partial charge in [-0.3, -0.25) is 0 Å². The number of guanidine groups is 1. The molecule has 7 nitrogen and oxygen atoms in total. The molecule has 1 unspecified atom stereocenters. The van der Waals surface area contributed by atoms with E-state index in [1.807, 2.05) is 13.1 Å². The lowest BCUT2D eigenvalue weighted by molar-refractivity contribution is 0.206. The number of anilines is 1. The highest BCUT2D eigenvalue weighted by Gasteiger charge is 2.38. The molecule has 4 aliphatic rings. The van der Waals surface area contributed by atoms with Crippen LogP contribution in [0.2, 0.25) is 0 Å². The Hall–Kier alpha value is -3.19. The molecule has 5 rings (SSSR count). The molecular formula is C36H54FN5O2S. The molecule has 1 aromatic heterocycles. The second-order valence-electron chi connectivity index (χ2n) is 11.8. The second kappa shape index (κ2) is 18.7. The van der Waals surface area contributed by atoms with Crippen LogP contribution in [-0.4, -0.2) is 55.4 Å². The minimum atomic E-state index is -0.410. The number of nitrogens with one attached hydrogen (secondary N) is 1. The lowest BCUT2D eigenvalue weighted by atomic mass is 9.76. The van der Waals surface area contributed by atoms with E-state index in [4.69, 9.17) is 20.6 Å². The van der Waals surface area contributed by atoms with Crippen LogP contribution < -0.4 is 11.1 Å². The minimum Gasteiger partial charge on any atom is -0.400 e. The average molecular weight is 640 g/mol. The zero-order chi connectivity index (χ0) is 33.7. The van der Waals surface area contributed by atoms with E-state index in [1.54, 1.807) is 6.92 Å². The normalized spacial score (nSPS) is 18.7. The summed E-state index contributed by atoms with van der Waals surface area (Å²) < 4.78 is 20.7. The van der Waals surface area contributed by atoms with Gasteiger partial charge in [-0.15, -0.1) is 11.3 Å². The number of nitrogens with zero attached hydrogens (tertiary/aromatic N) is 3. The molecule has 0 aromatic carbocycles. The van der Waals surface area contributed by atoms with E-state index < -0.39 is 5.83 Å². The molecule has 4 N–H and O–H groups in total. The van der Waals surface area contributed by atoms with E-state index in [2.05, 4.69) is 57.5 Å². The molecule has 1 fully saturated rings. The summed E-state index contributed by atoms with van der Waals surface area (Å²) in [6, 6.07) is 1.99. The van der Waals surface area contributed by atoms with Gasteiger partial charge < -0.3 is 25.8 Å². The molecule has 248 valence electrons. The zero-order valence-corrected chi connectivity index (χ0v) is 29.5. The summed E-state index contributed by atoms with van der Waals surface area (Å²) in [5, 5.41) is 20.5. The van der Waals surface area contributed by atoms with Crippen LogP contribution in [0.4, 0.5) is 9.39 Å². The van der Waals surface area contributed by atoms with Gasteiger partial charge >= 0.3 is 0 Å². The number of allylic oxidation sites excluding steroid dienone is 2. The Labute approximate surface area is 274 Å². The maximum absolute atomic E-state index is 14.8. The summed E-state index contributed by atoms with van der Waals surface area (Å²) in [5.74, 6) is 1.37. The summed E-state index contributed by atoms with van der Waals surface area (Å²) in [4.78, 5) is 7.69. The number of hydrogen-bond donors (Lipinski definition) is 3. The number of halogens is 1. The van der Waals surface area contributed by atoms with Crippen LogP contribution in [0.25, 0.3) is 11.4 Å². The lowest BCUT2D eigenvalue weighted by Crippen LogP contribution is -2.42. The Kier molecular flexibility index (Phi) is 15.8. The molecule has 0 amide bonds. The fourth-order valence-corrected chi connectivity index (χ4v) is 6.70. The van der Waals surface area contributed by atoms with Gasteiger partial charge in [0.05, 0.1) is 23.7 Å². The van der Waals surface area contributed by atoms with Gasteiger partial charge in [0.2, 0.25) is 0 Å². The number of thiophene rings is 1. The Morgan fingerprint density at radius 2 is 1.84 bits per heavy atom. The van der Waals surface area contributed by atoms with Gasteiger partial charge in [-0.25, -0.2) is 9.38 Å². The van der Waals surface area contributed by atoms with E-state index in [0.29, 0.717) is 34.2 Å². The summed E-state index contributed by atoms with van der Waals surface area (Å²) in [5.41, 5.74) is 12.6. The Morgan fingerprint density at radius 3 is 2.36 bits per heavy atom. The van der Waals surface area contributed by atoms with Gasteiger partial charge in [0.1, 0.15) is 22.9 Å². The largest absolute Gasteiger partial charge is 0.400 e. The number of aliphatic imine (C=N–C) groups is 1. The number of ether oxygens (including phenoxy) is 1. The van der Waals surface area contributed by atoms with Gasteiger partial charge in [0.15, 0.2) is 5.96 Å². The number of aliphatic hydroxyl groups excluding tert-OH is 1. The monoisotopic (exact) mass is 639 g/mol. The van der Waals surface area contributed by atoms with Crippen LogP contribution in [0, 0.1) is 17.2 Å². The quantitative estimate of drug-likeness (QED) is 0.289. The van der Waals surface area contributed by atoms with Crippen LogP contribution in [0.1, 0.15) is 103 Å². The molecule has 0 bridgehead atoms. The average Bonchev–Trinajstić information content (AvgIpc) is 3.82. The molecule has 0 spiro atoms. The molecule has 1 aliphatic carbocycles. The van der Waals surface area contributed by atoms with Crippen molar-refractivity contribution in [3.63, 3.8) is 0 Å². The molecule has 9 heteroatoms. The second-order valence-corrected chi connectivity index (χ2v) is 12.8. The third-order valence-electron chi connectivity index (χ3n) is 8.11. The van der Waals surface area contributed by atoms with E-state index in [-0.39, 0.29) is 11.6 Å². The summed E-state index contributed by atoms with van der Waals surface area (Å²) in [6.07, 6.45) is 11.1. The van der Waals surface area contributed by atoms with Crippen molar-refractivity contribution in [2.75, 3.05) is 39.1 Å². The minimum absolute atomic E-state index is 0.175. The number of likely N-dealkylation sites (tertiary alicyclic amines) is 1. The number of nitrogens with two attached hydrogens (primary N) is 1. The summed E-state index contributed by atoms with van der Waals surface area (Å²) >= 11 is 1.08. The van der Waals surface area contributed by atoms with Crippen molar-refractivity contribution in [1.82, 2.24) is 10.2 Å². The Morgan fingerprint density at radius 1 is 1.22 bits per heavy atom. The molecule has 1 aromatic rings. The summed E-state index contributed by atoms with van der Waals surface area (Å²) in [6.45, 7) is 22.0. The number of unbranched alkanes of at least 4 members (excludes halogenated alkanes) is 1. The first kappa shape index (κ1) is 38.0. The highest BCUT2D eigenvalue weighted by molar-refractivity contribution is 7.17. The van der Waals surface area contributed by atoms with Crippen molar-refractivity contribution >= 4 is 33.7 Å². The number of fused-ring (bicyclic) bond motifs is 2. The zero-order valence-electron chi connectivity index (χ0n) is 28.6. The summed E-state index contributed by atoms with van der Waals surface area (Å²) in [7, 11) is 1.00. The first-order valence-electron chi connectivity index (χ1n) is 16.2. The van der Waals surface area contributed by atoms with Crippen LogP contribution in [0.15, 0.2) is 51.7 Å². The highest BCUT2D eigenvalue weighted by Crippen LogP contribution is 2.48.